The summed E-state index contributed by atoms with van der Waals surface area (Å²) in [7, 11) is 0. The number of carbonyl (C=O) groups is 1. The van der Waals surface area contributed by atoms with Crippen LogP contribution >= 0.6 is 0 Å². The van der Waals surface area contributed by atoms with E-state index in [-0.39, 0.29) is 18.2 Å². The van der Waals surface area contributed by atoms with Crippen molar-refractivity contribution < 1.29 is 19.4 Å². The second kappa shape index (κ2) is 5.86. The highest BCUT2D eigenvalue weighted by atomic mass is 16.6. The molecule has 2 heterocycles. The first-order valence-corrected chi connectivity index (χ1v) is 7.49. The molecule has 0 aromatic heterocycles. The molecule has 2 fully saturated rings. The molecule has 2 bridgehead atoms. The van der Waals surface area contributed by atoms with E-state index >= 15 is 0 Å². The number of carbonyl (C=O) groups excluding carboxylic acids is 1. The van der Waals surface area contributed by atoms with Crippen LogP contribution in [-0.2, 0) is 9.47 Å². The van der Waals surface area contributed by atoms with Crippen LogP contribution in [0.25, 0.3) is 0 Å². The Bertz CT molecular complexity index is 421. The number of aliphatic hydroxyl groups is 1. The molecule has 2 aliphatic rings. The van der Waals surface area contributed by atoms with Crippen LogP contribution in [0.5, 0.6) is 0 Å². The number of amides is 1. The van der Waals surface area contributed by atoms with Crippen LogP contribution in [0.2, 0.25) is 0 Å². The third-order valence-electron chi connectivity index (χ3n) is 3.98. The number of hydrogen-bond donors (Lipinski definition) is 1. The second-order valence-electron chi connectivity index (χ2n) is 7.07. The lowest BCUT2D eigenvalue weighted by Crippen LogP contribution is -2.64. The highest BCUT2D eigenvalue weighted by molar-refractivity contribution is 5.69. The average Bonchev–Trinajstić information content (AvgIpc) is 2.33. The zero-order chi connectivity index (χ0) is 15.7. The van der Waals surface area contributed by atoms with Crippen LogP contribution in [0.15, 0.2) is 0 Å². The van der Waals surface area contributed by atoms with Crippen LogP contribution in [-0.4, -0.2) is 52.6 Å². The van der Waals surface area contributed by atoms with Crippen LogP contribution < -0.4 is 0 Å². The Hall–Kier alpha value is -1.25. The maximum Gasteiger partial charge on any atom is 0.410 e. The third-order valence-corrected chi connectivity index (χ3v) is 3.98. The van der Waals surface area contributed by atoms with Gasteiger partial charge < -0.3 is 14.6 Å². The summed E-state index contributed by atoms with van der Waals surface area (Å²) in [6.07, 6.45) is 7.07. The first-order chi connectivity index (χ1) is 9.74. The normalized spacial score (nSPS) is 32.4. The molecule has 2 rings (SSSR count). The van der Waals surface area contributed by atoms with Crippen molar-refractivity contribution in [3.05, 3.63) is 0 Å². The Labute approximate surface area is 126 Å². The predicted octanol–water partition coefficient (Wildman–Crippen LogP) is 1.93. The van der Waals surface area contributed by atoms with Gasteiger partial charge in [0.1, 0.15) is 5.60 Å². The van der Waals surface area contributed by atoms with Gasteiger partial charge in [-0.25, -0.2) is 4.79 Å². The lowest BCUT2D eigenvalue weighted by Gasteiger charge is -2.51. The van der Waals surface area contributed by atoms with Crippen molar-refractivity contribution in [3.8, 4) is 12.3 Å². The summed E-state index contributed by atoms with van der Waals surface area (Å²) in [6.45, 7) is 6.43. The zero-order valence-electron chi connectivity index (χ0n) is 13.1. The molecule has 0 saturated carbocycles. The van der Waals surface area contributed by atoms with E-state index in [0.29, 0.717) is 38.9 Å². The van der Waals surface area contributed by atoms with E-state index in [1.54, 1.807) is 4.90 Å². The van der Waals surface area contributed by atoms with E-state index in [1.807, 2.05) is 20.8 Å². The largest absolute Gasteiger partial charge is 0.444 e. The summed E-state index contributed by atoms with van der Waals surface area (Å²) in [6, 6.07) is -0.287. The first-order valence-electron chi connectivity index (χ1n) is 7.49. The standard InChI is InChI=1S/C16H25NO4/c1-5-6-7-16(19)8-12-10-20-11-13(9-16)17(12)14(18)21-15(2,3)4/h1,12-13,19H,6-11H2,2-4H3. The Morgan fingerprint density at radius 2 is 2.00 bits per heavy atom. The van der Waals surface area contributed by atoms with Crippen LogP contribution in [0.3, 0.4) is 0 Å². The number of piperidine rings is 1. The van der Waals surface area contributed by atoms with Gasteiger partial charge in [0.05, 0.1) is 30.9 Å². The molecule has 118 valence electrons. The molecule has 5 heteroatoms. The summed E-state index contributed by atoms with van der Waals surface area (Å²) >= 11 is 0. The van der Waals surface area contributed by atoms with Crippen molar-refractivity contribution in [2.75, 3.05) is 13.2 Å². The number of morpholine rings is 1. The van der Waals surface area contributed by atoms with Gasteiger partial charge in [0.2, 0.25) is 0 Å². The lowest BCUT2D eigenvalue weighted by molar-refractivity contribution is -0.139. The van der Waals surface area contributed by atoms with Gasteiger partial charge in [-0.3, -0.25) is 4.90 Å². The van der Waals surface area contributed by atoms with Gasteiger partial charge in [-0.2, -0.15) is 0 Å². The molecule has 2 atom stereocenters. The minimum absolute atomic E-state index is 0.143. The Balaban J connectivity index is 2.09. The van der Waals surface area contributed by atoms with E-state index in [4.69, 9.17) is 15.9 Å². The summed E-state index contributed by atoms with van der Waals surface area (Å²) < 4.78 is 11.0. The fraction of sp³-hybridized carbons (Fsp3) is 0.812. The molecule has 21 heavy (non-hydrogen) atoms. The molecule has 2 unspecified atom stereocenters. The van der Waals surface area contributed by atoms with E-state index < -0.39 is 11.2 Å². The van der Waals surface area contributed by atoms with Gasteiger partial charge >= 0.3 is 6.09 Å². The molecule has 2 saturated heterocycles. The number of rotatable bonds is 2. The van der Waals surface area contributed by atoms with Gasteiger partial charge in [0.15, 0.2) is 0 Å². The summed E-state index contributed by atoms with van der Waals surface area (Å²) in [5, 5.41) is 10.7. The molecular weight excluding hydrogens is 270 g/mol. The molecule has 5 nitrogen and oxygen atoms in total. The Morgan fingerprint density at radius 3 is 2.48 bits per heavy atom. The van der Waals surface area contributed by atoms with E-state index in [0.717, 1.165) is 0 Å². The van der Waals surface area contributed by atoms with Crippen LogP contribution in [0.1, 0.15) is 46.5 Å². The van der Waals surface area contributed by atoms with Crippen LogP contribution in [0.4, 0.5) is 4.79 Å². The fourth-order valence-corrected chi connectivity index (χ4v) is 3.20. The van der Waals surface area contributed by atoms with Crippen molar-refractivity contribution in [1.29, 1.82) is 0 Å². The smallest absolute Gasteiger partial charge is 0.410 e. The van der Waals surface area contributed by atoms with Crippen molar-refractivity contribution >= 4 is 6.09 Å². The molecular formula is C16H25NO4. The van der Waals surface area contributed by atoms with Crippen molar-refractivity contribution in [1.82, 2.24) is 4.90 Å². The van der Waals surface area contributed by atoms with Gasteiger partial charge in [0.25, 0.3) is 0 Å². The third kappa shape index (κ3) is 3.90. The summed E-state index contributed by atoms with van der Waals surface area (Å²) in [4.78, 5) is 14.1. The van der Waals surface area contributed by atoms with Gasteiger partial charge in [-0.05, 0) is 40.0 Å². The minimum atomic E-state index is -0.802. The number of ether oxygens (including phenoxy) is 2. The lowest BCUT2D eigenvalue weighted by atomic mass is 9.79. The minimum Gasteiger partial charge on any atom is -0.444 e. The zero-order valence-corrected chi connectivity index (χ0v) is 13.1. The number of fused-ring (bicyclic) bond motifs is 2. The first kappa shape index (κ1) is 16.1. The average molecular weight is 295 g/mol. The number of hydrogen-bond acceptors (Lipinski definition) is 4. The highest BCUT2D eigenvalue weighted by Gasteiger charge is 2.48. The topological polar surface area (TPSA) is 59.0 Å². The number of terminal acetylenes is 1. The van der Waals surface area contributed by atoms with Gasteiger partial charge in [-0.15, -0.1) is 12.3 Å². The van der Waals surface area contributed by atoms with Crippen molar-refractivity contribution in [3.63, 3.8) is 0 Å². The SMILES string of the molecule is C#CCCC1(O)CC2COCC(C1)N2C(=O)OC(C)(C)C. The number of nitrogens with zero attached hydrogens (tertiary/aromatic N) is 1. The molecule has 0 radical (unpaired) electrons. The predicted molar refractivity (Wildman–Crippen MR) is 78.7 cm³/mol. The maximum absolute atomic E-state index is 12.4. The van der Waals surface area contributed by atoms with E-state index in [2.05, 4.69) is 5.92 Å². The molecule has 1 N–H and O–H groups in total. The maximum atomic E-state index is 12.4. The quantitative estimate of drug-likeness (QED) is 0.791. The molecule has 2 aliphatic heterocycles. The molecule has 0 aliphatic carbocycles. The second-order valence-corrected chi connectivity index (χ2v) is 7.07. The molecule has 0 spiro atoms. The van der Waals surface area contributed by atoms with Crippen molar-refractivity contribution in [2.24, 2.45) is 0 Å². The molecule has 0 aromatic carbocycles. The van der Waals surface area contributed by atoms with Crippen molar-refractivity contribution in [2.45, 2.75) is 69.7 Å². The molecule has 1 amide bonds. The Morgan fingerprint density at radius 1 is 1.43 bits per heavy atom. The highest BCUT2D eigenvalue weighted by Crippen LogP contribution is 2.37. The Kier molecular flexibility index (Phi) is 4.50. The fourth-order valence-electron chi connectivity index (χ4n) is 3.20. The van der Waals surface area contributed by atoms with Gasteiger partial charge in [-0.1, -0.05) is 0 Å². The van der Waals surface area contributed by atoms with E-state index in [1.165, 1.54) is 0 Å². The van der Waals surface area contributed by atoms with Crippen LogP contribution in [0, 0.1) is 12.3 Å². The van der Waals surface area contributed by atoms with Gasteiger partial charge in [0, 0.05) is 6.42 Å². The summed E-state index contributed by atoms with van der Waals surface area (Å²) in [5.74, 6) is 2.57. The monoisotopic (exact) mass is 295 g/mol. The molecule has 0 aromatic rings. The summed E-state index contributed by atoms with van der Waals surface area (Å²) in [5.41, 5.74) is -1.33. The van der Waals surface area contributed by atoms with E-state index in [9.17, 15) is 9.90 Å².